The number of hydrogen-bond acceptors (Lipinski definition) is 5. The standard InChI is InChI=1S/C11H18N2O5S/c1-2-4-17-6-7-18-5-3-13-9-10(8-11(13)14)19(12,15)16/h1,10H,3-9H2,(H2,12,15,16). The van der Waals surface area contributed by atoms with E-state index in [-0.39, 0.29) is 25.5 Å². The third-order valence-corrected chi connectivity index (χ3v) is 3.95. The maximum atomic E-state index is 11.5. The molecule has 1 aliphatic heterocycles. The highest BCUT2D eigenvalue weighted by Gasteiger charge is 2.35. The highest BCUT2D eigenvalue weighted by molar-refractivity contribution is 7.89. The number of rotatable bonds is 8. The van der Waals surface area contributed by atoms with Crippen molar-refractivity contribution in [3.8, 4) is 12.3 Å². The zero-order valence-electron chi connectivity index (χ0n) is 10.6. The number of sulfonamides is 1. The van der Waals surface area contributed by atoms with Crippen LogP contribution >= 0.6 is 0 Å². The highest BCUT2D eigenvalue weighted by Crippen LogP contribution is 2.15. The monoisotopic (exact) mass is 290 g/mol. The normalized spacial score (nSPS) is 19.7. The quantitative estimate of drug-likeness (QED) is 0.435. The van der Waals surface area contributed by atoms with E-state index in [4.69, 9.17) is 21.0 Å². The lowest BCUT2D eigenvalue weighted by atomic mass is 10.4. The molecule has 0 aromatic carbocycles. The Morgan fingerprint density at radius 1 is 1.37 bits per heavy atom. The number of nitrogens with two attached hydrogens (primary N) is 1. The van der Waals surface area contributed by atoms with Crippen LogP contribution in [0.4, 0.5) is 0 Å². The number of primary sulfonamides is 1. The zero-order chi connectivity index (χ0) is 14.3. The van der Waals surface area contributed by atoms with Gasteiger partial charge in [0, 0.05) is 19.5 Å². The molecule has 108 valence electrons. The maximum Gasteiger partial charge on any atom is 0.224 e. The summed E-state index contributed by atoms with van der Waals surface area (Å²) in [4.78, 5) is 13.0. The van der Waals surface area contributed by atoms with Crippen molar-refractivity contribution < 1.29 is 22.7 Å². The highest BCUT2D eigenvalue weighted by atomic mass is 32.2. The van der Waals surface area contributed by atoms with E-state index in [0.717, 1.165) is 0 Å². The molecule has 0 aliphatic carbocycles. The summed E-state index contributed by atoms with van der Waals surface area (Å²) < 4.78 is 32.5. The van der Waals surface area contributed by atoms with Gasteiger partial charge in [-0.3, -0.25) is 4.79 Å². The van der Waals surface area contributed by atoms with E-state index in [1.165, 1.54) is 4.90 Å². The van der Waals surface area contributed by atoms with Gasteiger partial charge in [-0.25, -0.2) is 13.6 Å². The fourth-order valence-corrected chi connectivity index (χ4v) is 2.46. The van der Waals surface area contributed by atoms with Gasteiger partial charge in [0.15, 0.2) is 0 Å². The van der Waals surface area contributed by atoms with Gasteiger partial charge >= 0.3 is 0 Å². The lowest BCUT2D eigenvalue weighted by Crippen LogP contribution is -2.33. The van der Waals surface area contributed by atoms with Crippen LogP contribution in [0.25, 0.3) is 0 Å². The molecule has 1 aliphatic rings. The molecule has 0 spiro atoms. The van der Waals surface area contributed by atoms with Gasteiger partial charge in [0.2, 0.25) is 15.9 Å². The minimum atomic E-state index is -3.66. The van der Waals surface area contributed by atoms with Crippen molar-refractivity contribution in [2.75, 3.05) is 39.5 Å². The van der Waals surface area contributed by atoms with Crippen molar-refractivity contribution in [2.24, 2.45) is 5.14 Å². The summed E-state index contributed by atoms with van der Waals surface area (Å²) >= 11 is 0. The first-order chi connectivity index (χ1) is 8.95. The fraction of sp³-hybridized carbons (Fsp3) is 0.727. The minimum absolute atomic E-state index is 0.0515. The Labute approximate surface area is 113 Å². The van der Waals surface area contributed by atoms with Gasteiger partial charge in [-0.15, -0.1) is 6.42 Å². The van der Waals surface area contributed by atoms with E-state index in [2.05, 4.69) is 5.92 Å². The van der Waals surface area contributed by atoms with Crippen LogP contribution in [0.1, 0.15) is 6.42 Å². The minimum Gasteiger partial charge on any atom is -0.377 e. The molecule has 7 nitrogen and oxygen atoms in total. The topological polar surface area (TPSA) is 98.9 Å². The second-order valence-corrected chi connectivity index (χ2v) is 5.97. The second kappa shape index (κ2) is 7.45. The summed E-state index contributed by atoms with van der Waals surface area (Å²) in [6, 6.07) is 0. The van der Waals surface area contributed by atoms with Crippen LogP contribution in [-0.2, 0) is 24.3 Å². The van der Waals surface area contributed by atoms with E-state index in [1.807, 2.05) is 0 Å². The van der Waals surface area contributed by atoms with Crippen molar-refractivity contribution >= 4 is 15.9 Å². The van der Waals surface area contributed by atoms with Crippen LogP contribution < -0.4 is 5.14 Å². The van der Waals surface area contributed by atoms with Gasteiger partial charge < -0.3 is 14.4 Å². The number of hydrogen-bond donors (Lipinski definition) is 1. The maximum absolute atomic E-state index is 11.5. The summed E-state index contributed by atoms with van der Waals surface area (Å²) in [5, 5.41) is 4.21. The molecule has 1 amide bonds. The predicted molar refractivity (Wildman–Crippen MR) is 68.6 cm³/mol. The van der Waals surface area contributed by atoms with Crippen LogP contribution in [0.5, 0.6) is 0 Å². The summed E-state index contributed by atoms with van der Waals surface area (Å²) in [6.45, 7) is 1.81. The van der Waals surface area contributed by atoms with E-state index in [0.29, 0.717) is 26.4 Å². The molecule has 8 heteroatoms. The number of carbonyl (C=O) groups is 1. The Hall–Kier alpha value is -1.14. The van der Waals surface area contributed by atoms with E-state index in [9.17, 15) is 13.2 Å². The van der Waals surface area contributed by atoms with Crippen LogP contribution in [0.2, 0.25) is 0 Å². The van der Waals surface area contributed by atoms with Crippen LogP contribution in [0.3, 0.4) is 0 Å². The first-order valence-corrected chi connectivity index (χ1v) is 7.44. The molecular formula is C11H18N2O5S. The molecule has 1 unspecified atom stereocenters. The number of terminal acetylenes is 1. The van der Waals surface area contributed by atoms with Gasteiger partial charge in [-0.2, -0.15) is 0 Å². The van der Waals surface area contributed by atoms with Gasteiger partial charge in [0.25, 0.3) is 0 Å². The van der Waals surface area contributed by atoms with Gasteiger partial charge in [0.1, 0.15) is 11.9 Å². The Balaban J connectivity index is 2.17. The fourth-order valence-electron chi connectivity index (χ4n) is 1.70. The summed E-state index contributed by atoms with van der Waals surface area (Å²) in [5.74, 6) is 2.11. The van der Waals surface area contributed by atoms with Crippen LogP contribution in [0, 0.1) is 12.3 Å². The van der Waals surface area contributed by atoms with E-state index in [1.54, 1.807) is 0 Å². The molecular weight excluding hydrogens is 272 g/mol. The number of carbonyl (C=O) groups excluding carboxylic acids is 1. The van der Waals surface area contributed by atoms with Gasteiger partial charge in [-0.05, 0) is 0 Å². The molecule has 0 saturated carbocycles. The van der Waals surface area contributed by atoms with Crippen LogP contribution in [0.15, 0.2) is 0 Å². The van der Waals surface area contributed by atoms with E-state index < -0.39 is 15.3 Å². The molecule has 0 aromatic rings. The lowest BCUT2D eigenvalue weighted by Gasteiger charge is -2.16. The summed E-state index contributed by atoms with van der Waals surface area (Å²) in [5.41, 5.74) is 0. The van der Waals surface area contributed by atoms with Gasteiger partial charge in [0.05, 0.1) is 19.8 Å². The molecule has 0 bridgehead atoms. The van der Waals surface area contributed by atoms with Crippen LogP contribution in [-0.4, -0.2) is 64.0 Å². The zero-order valence-corrected chi connectivity index (χ0v) is 11.4. The Morgan fingerprint density at radius 3 is 2.63 bits per heavy atom. The Morgan fingerprint density at radius 2 is 2.05 bits per heavy atom. The van der Waals surface area contributed by atoms with Crippen molar-refractivity contribution in [1.29, 1.82) is 0 Å². The summed E-state index contributed by atoms with van der Waals surface area (Å²) in [7, 11) is -3.66. The first-order valence-electron chi connectivity index (χ1n) is 5.83. The number of likely N-dealkylation sites (tertiary alicyclic amines) is 1. The van der Waals surface area contributed by atoms with E-state index >= 15 is 0 Å². The predicted octanol–water partition coefficient (Wildman–Crippen LogP) is -1.46. The molecule has 19 heavy (non-hydrogen) atoms. The second-order valence-electron chi connectivity index (χ2n) is 4.12. The molecule has 1 heterocycles. The molecule has 2 N–H and O–H groups in total. The number of nitrogens with zero attached hydrogens (tertiary/aromatic N) is 1. The molecule has 1 fully saturated rings. The average molecular weight is 290 g/mol. The molecule has 1 atom stereocenters. The largest absolute Gasteiger partial charge is 0.377 e. The van der Waals surface area contributed by atoms with Crippen molar-refractivity contribution in [1.82, 2.24) is 4.90 Å². The van der Waals surface area contributed by atoms with Crippen molar-refractivity contribution in [2.45, 2.75) is 11.7 Å². The smallest absolute Gasteiger partial charge is 0.224 e. The Kier molecular flexibility index (Phi) is 6.24. The number of amides is 1. The first kappa shape index (κ1) is 15.9. The van der Waals surface area contributed by atoms with Gasteiger partial charge in [-0.1, -0.05) is 5.92 Å². The average Bonchev–Trinajstić information content (AvgIpc) is 2.70. The third kappa shape index (κ3) is 5.57. The Bertz CT molecular complexity index is 442. The SMILES string of the molecule is C#CCOCCOCCN1CC(S(N)(=O)=O)CC1=O. The summed E-state index contributed by atoms with van der Waals surface area (Å²) in [6.07, 6.45) is 4.94. The lowest BCUT2D eigenvalue weighted by molar-refractivity contribution is -0.128. The molecule has 0 aromatic heterocycles. The molecule has 0 radical (unpaired) electrons. The third-order valence-electron chi connectivity index (χ3n) is 2.71. The van der Waals surface area contributed by atoms with Crippen molar-refractivity contribution in [3.63, 3.8) is 0 Å². The molecule has 1 rings (SSSR count). The molecule has 1 saturated heterocycles. The van der Waals surface area contributed by atoms with Crippen molar-refractivity contribution in [3.05, 3.63) is 0 Å². The number of ether oxygens (including phenoxy) is 2.